The first-order valence-electron chi connectivity index (χ1n) is 3.92. The largest absolute Gasteiger partial charge is 0.409 e. The molecule has 0 bridgehead atoms. The van der Waals surface area contributed by atoms with Crippen molar-refractivity contribution in [1.29, 1.82) is 0 Å². The van der Waals surface area contributed by atoms with Crippen molar-refractivity contribution >= 4 is 0 Å². The fourth-order valence-electron chi connectivity index (χ4n) is 0.800. The molecule has 0 aromatic heterocycles. The molecule has 6 heteroatoms. The smallest absolute Gasteiger partial charge is 0.366 e. The molecule has 0 aliphatic heterocycles. The third-order valence-corrected chi connectivity index (χ3v) is 1.37. The van der Waals surface area contributed by atoms with Crippen LogP contribution in [0.5, 0.6) is 0 Å². The third-order valence-electron chi connectivity index (χ3n) is 1.37. The summed E-state index contributed by atoms with van der Waals surface area (Å²) in [5.41, 5.74) is 4.98. The minimum Gasteiger partial charge on any atom is -0.366 e. The highest BCUT2D eigenvalue weighted by molar-refractivity contribution is 4.96. The van der Waals surface area contributed by atoms with Crippen LogP contribution in [-0.4, -0.2) is 23.7 Å². The van der Waals surface area contributed by atoms with Crippen LogP contribution in [0.4, 0.5) is 13.2 Å². The van der Waals surface area contributed by atoms with Gasteiger partial charge in [0.25, 0.3) is 0 Å². The molecule has 2 unspecified atom stereocenters. The molecule has 0 aromatic carbocycles. The van der Waals surface area contributed by atoms with E-state index in [0.717, 1.165) is 6.08 Å². The topological polar surface area (TPSA) is 58.3 Å². The highest BCUT2D eigenvalue weighted by Gasteiger charge is 2.21. The van der Waals surface area contributed by atoms with Gasteiger partial charge in [0.15, 0.2) is 6.35 Å². The number of halogens is 3. The summed E-state index contributed by atoms with van der Waals surface area (Å²) in [4.78, 5) is 0. The molecule has 0 aliphatic carbocycles. The van der Waals surface area contributed by atoms with Crippen molar-refractivity contribution in [3.05, 3.63) is 24.8 Å². The molecule has 0 spiro atoms. The van der Waals surface area contributed by atoms with Crippen molar-refractivity contribution in [2.24, 2.45) is 5.73 Å². The molecule has 82 valence electrons. The van der Waals surface area contributed by atoms with Crippen molar-refractivity contribution < 1.29 is 18.3 Å². The number of hydrogen-bond acceptors (Lipinski definition) is 3. The Bertz CT molecular complexity index is 201. The monoisotopic (exact) mass is 210 g/mol. The van der Waals surface area contributed by atoms with Gasteiger partial charge in [0.05, 0.1) is 0 Å². The second-order valence-corrected chi connectivity index (χ2v) is 2.63. The molecular formula is C8H13F3N2O. The lowest BCUT2D eigenvalue weighted by atomic mass is 10.2. The molecule has 0 rings (SSSR count). The number of hydrogen-bond donors (Lipinski definition) is 3. The molecular weight excluding hydrogens is 197 g/mol. The van der Waals surface area contributed by atoms with E-state index in [4.69, 9.17) is 10.8 Å². The first-order chi connectivity index (χ1) is 6.35. The number of nitrogens with one attached hydrogen (secondary N) is 1. The Kier molecular flexibility index (Phi) is 5.44. The summed E-state index contributed by atoms with van der Waals surface area (Å²) >= 11 is 0. The minimum atomic E-state index is -4.31. The second-order valence-electron chi connectivity index (χ2n) is 2.63. The number of nitrogens with two attached hydrogens (primary N) is 1. The van der Waals surface area contributed by atoms with Crippen LogP contribution in [0.1, 0.15) is 6.42 Å². The molecule has 4 N–H and O–H groups in total. The third kappa shape index (κ3) is 7.78. The quantitative estimate of drug-likeness (QED) is 0.466. The SMILES string of the molecule is C=CC(C/C=C/C(F)(F)F)NC(N)O. The summed E-state index contributed by atoms with van der Waals surface area (Å²) < 4.78 is 35.0. The summed E-state index contributed by atoms with van der Waals surface area (Å²) in [6.45, 7) is 3.38. The van der Waals surface area contributed by atoms with Crippen LogP contribution in [0, 0.1) is 0 Å². The van der Waals surface area contributed by atoms with E-state index in [9.17, 15) is 13.2 Å². The first-order valence-corrected chi connectivity index (χ1v) is 3.92. The van der Waals surface area contributed by atoms with Gasteiger partial charge in [-0.3, -0.25) is 11.1 Å². The van der Waals surface area contributed by atoms with Gasteiger partial charge in [-0.25, -0.2) is 0 Å². The second kappa shape index (κ2) is 5.79. The van der Waals surface area contributed by atoms with Crippen LogP contribution >= 0.6 is 0 Å². The van der Waals surface area contributed by atoms with Gasteiger partial charge in [-0.05, 0) is 6.42 Å². The normalized spacial score (nSPS) is 16.9. The zero-order chi connectivity index (χ0) is 11.2. The molecule has 0 aliphatic rings. The Morgan fingerprint density at radius 3 is 2.43 bits per heavy atom. The van der Waals surface area contributed by atoms with Crippen LogP contribution in [-0.2, 0) is 0 Å². The van der Waals surface area contributed by atoms with E-state index in [1.165, 1.54) is 6.08 Å². The maximum atomic E-state index is 11.7. The molecule has 3 nitrogen and oxygen atoms in total. The van der Waals surface area contributed by atoms with Crippen LogP contribution in [0.2, 0.25) is 0 Å². The lowest BCUT2D eigenvalue weighted by molar-refractivity contribution is -0.0800. The van der Waals surface area contributed by atoms with Gasteiger partial charge in [-0.1, -0.05) is 12.2 Å². The molecule has 0 amide bonds. The number of allylic oxidation sites excluding steroid dienone is 1. The van der Waals surface area contributed by atoms with Crippen LogP contribution in [0.25, 0.3) is 0 Å². The van der Waals surface area contributed by atoms with Crippen molar-refractivity contribution in [3.8, 4) is 0 Å². The molecule has 0 saturated carbocycles. The van der Waals surface area contributed by atoms with Crippen molar-refractivity contribution in [1.82, 2.24) is 5.32 Å². The van der Waals surface area contributed by atoms with Gasteiger partial charge in [0.1, 0.15) is 0 Å². The van der Waals surface area contributed by atoms with E-state index >= 15 is 0 Å². The van der Waals surface area contributed by atoms with Gasteiger partial charge in [0, 0.05) is 12.1 Å². The lowest BCUT2D eigenvalue weighted by Gasteiger charge is -2.14. The van der Waals surface area contributed by atoms with E-state index in [0.29, 0.717) is 0 Å². The molecule has 0 heterocycles. The Balaban J connectivity index is 3.96. The summed E-state index contributed by atoms with van der Waals surface area (Å²) in [5.74, 6) is 0. The maximum absolute atomic E-state index is 11.7. The summed E-state index contributed by atoms with van der Waals surface area (Å²) in [6, 6.07) is -0.478. The van der Waals surface area contributed by atoms with E-state index in [1.807, 2.05) is 0 Å². The van der Waals surface area contributed by atoms with E-state index in [-0.39, 0.29) is 12.5 Å². The fraction of sp³-hybridized carbons (Fsp3) is 0.500. The predicted molar refractivity (Wildman–Crippen MR) is 47.1 cm³/mol. The zero-order valence-corrected chi connectivity index (χ0v) is 7.46. The van der Waals surface area contributed by atoms with Gasteiger partial charge >= 0.3 is 6.18 Å². The maximum Gasteiger partial charge on any atom is 0.409 e. The van der Waals surface area contributed by atoms with Crippen molar-refractivity contribution in [3.63, 3.8) is 0 Å². The van der Waals surface area contributed by atoms with E-state index in [1.54, 1.807) is 0 Å². The van der Waals surface area contributed by atoms with Crippen molar-refractivity contribution in [2.45, 2.75) is 25.0 Å². The highest BCUT2D eigenvalue weighted by Crippen LogP contribution is 2.16. The van der Waals surface area contributed by atoms with Gasteiger partial charge < -0.3 is 5.11 Å². The van der Waals surface area contributed by atoms with Gasteiger partial charge in [-0.15, -0.1) is 6.58 Å². The molecule has 0 fully saturated rings. The lowest BCUT2D eigenvalue weighted by Crippen LogP contribution is -2.42. The fourth-order valence-corrected chi connectivity index (χ4v) is 0.800. The zero-order valence-electron chi connectivity index (χ0n) is 7.46. The average Bonchev–Trinajstić information content (AvgIpc) is 1.99. The number of aliphatic hydroxyl groups is 1. The molecule has 0 radical (unpaired) electrons. The molecule has 2 atom stereocenters. The highest BCUT2D eigenvalue weighted by atomic mass is 19.4. The van der Waals surface area contributed by atoms with Crippen LogP contribution in [0.3, 0.4) is 0 Å². The minimum absolute atomic E-state index is 0.0667. The Morgan fingerprint density at radius 1 is 1.50 bits per heavy atom. The summed E-state index contributed by atoms with van der Waals surface area (Å²) in [7, 11) is 0. The average molecular weight is 210 g/mol. The van der Waals surface area contributed by atoms with Crippen LogP contribution < -0.4 is 11.1 Å². The van der Waals surface area contributed by atoms with Crippen LogP contribution in [0.15, 0.2) is 24.8 Å². The van der Waals surface area contributed by atoms with Gasteiger partial charge in [0.2, 0.25) is 0 Å². The number of alkyl halides is 3. The van der Waals surface area contributed by atoms with E-state index < -0.39 is 18.6 Å². The number of aliphatic hydroxyl groups excluding tert-OH is 1. The number of rotatable bonds is 5. The predicted octanol–water partition coefficient (Wildman–Crippen LogP) is 0.874. The molecule has 14 heavy (non-hydrogen) atoms. The Labute approximate surface area is 80.1 Å². The molecule has 0 aromatic rings. The Morgan fingerprint density at radius 2 is 2.07 bits per heavy atom. The Hall–Kier alpha value is -0.850. The van der Waals surface area contributed by atoms with Gasteiger partial charge in [-0.2, -0.15) is 13.2 Å². The van der Waals surface area contributed by atoms with E-state index in [2.05, 4.69) is 11.9 Å². The summed E-state index contributed by atoms with van der Waals surface area (Å²) in [5, 5.41) is 11.1. The summed E-state index contributed by atoms with van der Waals surface area (Å²) in [6.07, 6.45) is -3.06. The first kappa shape index (κ1) is 13.2. The van der Waals surface area contributed by atoms with Crippen molar-refractivity contribution in [2.75, 3.05) is 0 Å². The standard InChI is InChI=1S/C8H13F3N2O/c1-2-6(13-7(12)14)4-3-5-8(9,10)11/h2-3,5-7,13-14H,1,4,12H2/b5-3+. The molecule has 0 saturated heterocycles.